The Morgan fingerprint density at radius 3 is 2.78 bits per heavy atom. The van der Waals surface area contributed by atoms with Crippen LogP contribution in [0.1, 0.15) is 12.1 Å². The van der Waals surface area contributed by atoms with Gasteiger partial charge in [0.1, 0.15) is 16.5 Å². The molecule has 1 rings (SSSR count). The molecular weight excluding hydrogens is 252 g/mol. The fraction of sp³-hybridized carbons (Fsp3) is 0.545. The van der Waals surface area contributed by atoms with E-state index in [0.29, 0.717) is 31.3 Å². The summed E-state index contributed by atoms with van der Waals surface area (Å²) in [6.07, 6.45) is 4.06. The van der Waals surface area contributed by atoms with Crippen LogP contribution in [0.25, 0.3) is 0 Å². The number of methoxy groups -OCH3 is 1. The van der Waals surface area contributed by atoms with Gasteiger partial charge in [0, 0.05) is 20.3 Å². The molecule has 3 N–H and O–H groups in total. The Morgan fingerprint density at radius 2 is 2.17 bits per heavy atom. The number of nitrogens with two attached hydrogens (primary N) is 1. The molecule has 0 spiro atoms. The Hall–Kier alpha value is -1.31. The second-order valence-electron chi connectivity index (χ2n) is 3.54. The third-order valence-electron chi connectivity index (χ3n) is 2.11. The molecule has 0 atom stereocenters. The van der Waals surface area contributed by atoms with Crippen LogP contribution in [0.15, 0.2) is 12.4 Å². The monoisotopic (exact) mass is 270 g/mol. The molecule has 18 heavy (non-hydrogen) atoms. The van der Waals surface area contributed by atoms with Crippen molar-refractivity contribution in [1.82, 2.24) is 9.97 Å². The molecule has 0 aliphatic heterocycles. The number of nitrogens with zero attached hydrogens (tertiary/aromatic N) is 2. The van der Waals surface area contributed by atoms with Crippen molar-refractivity contribution in [2.75, 3.05) is 38.8 Å². The number of thiocarbonyl (C=S) groups is 1. The van der Waals surface area contributed by atoms with Crippen molar-refractivity contribution in [2.45, 2.75) is 6.42 Å². The van der Waals surface area contributed by atoms with Crippen molar-refractivity contribution < 1.29 is 9.47 Å². The first-order chi connectivity index (χ1) is 8.74. The zero-order valence-electron chi connectivity index (χ0n) is 10.4. The van der Waals surface area contributed by atoms with E-state index in [0.717, 1.165) is 13.0 Å². The van der Waals surface area contributed by atoms with Gasteiger partial charge in [0.05, 0.1) is 25.6 Å². The number of anilines is 1. The average Bonchev–Trinajstić information content (AvgIpc) is 2.38. The summed E-state index contributed by atoms with van der Waals surface area (Å²) in [5.41, 5.74) is 5.95. The molecule has 0 radical (unpaired) electrons. The van der Waals surface area contributed by atoms with E-state index in [2.05, 4.69) is 15.3 Å². The average molecular weight is 270 g/mol. The van der Waals surface area contributed by atoms with E-state index in [1.807, 2.05) is 0 Å². The van der Waals surface area contributed by atoms with Crippen LogP contribution in [0.2, 0.25) is 0 Å². The number of rotatable bonds is 9. The van der Waals surface area contributed by atoms with Crippen LogP contribution in [-0.4, -0.2) is 48.4 Å². The number of aromatic nitrogens is 2. The van der Waals surface area contributed by atoms with Gasteiger partial charge >= 0.3 is 0 Å². The zero-order valence-corrected chi connectivity index (χ0v) is 11.2. The second kappa shape index (κ2) is 8.73. The van der Waals surface area contributed by atoms with Crippen molar-refractivity contribution >= 4 is 23.0 Å². The SMILES string of the molecule is COCCOCCCNc1cnc(C(N)=S)cn1. The van der Waals surface area contributed by atoms with E-state index in [1.165, 1.54) is 0 Å². The van der Waals surface area contributed by atoms with Gasteiger partial charge in [-0.05, 0) is 6.42 Å². The summed E-state index contributed by atoms with van der Waals surface area (Å²) in [4.78, 5) is 8.47. The summed E-state index contributed by atoms with van der Waals surface area (Å²) >= 11 is 4.79. The van der Waals surface area contributed by atoms with Crippen LogP contribution in [0.5, 0.6) is 0 Å². The lowest BCUT2D eigenvalue weighted by molar-refractivity contribution is 0.0705. The molecule has 0 fully saturated rings. The smallest absolute Gasteiger partial charge is 0.144 e. The molecule has 0 aliphatic rings. The lowest BCUT2D eigenvalue weighted by Gasteiger charge is -2.06. The Morgan fingerprint density at radius 1 is 1.33 bits per heavy atom. The molecule has 0 amide bonds. The maximum Gasteiger partial charge on any atom is 0.144 e. The van der Waals surface area contributed by atoms with E-state index < -0.39 is 0 Å². The van der Waals surface area contributed by atoms with Crippen LogP contribution >= 0.6 is 12.2 Å². The van der Waals surface area contributed by atoms with E-state index in [-0.39, 0.29) is 4.99 Å². The number of hydrogen-bond acceptors (Lipinski definition) is 6. The minimum absolute atomic E-state index is 0.251. The summed E-state index contributed by atoms with van der Waals surface area (Å²) in [5.74, 6) is 0.701. The fourth-order valence-corrected chi connectivity index (χ4v) is 1.29. The Labute approximate surface area is 112 Å². The summed E-state index contributed by atoms with van der Waals surface area (Å²) in [7, 11) is 1.65. The predicted molar refractivity (Wildman–Crippen MR) is 73.7 cm³/mol. The highest BCUT2D eigenvalue weighted by Crippen LogP contribution is 2.01. The fourth-order valence-electron chi connectivity index (χ4n) is 1.18. The van der Waals surface area contributed by atoms with Gasteiger partial charge in [-0.3, -0.25) is 0 Å². The molecule has 1 heterocycles. The summed E-state index contributed by atoms with van der Waals surface area (Å²) in [6.45, 7) is 2.71. The van der Waals surface area contributed by atoms with Crippen molar-refractivity contribution in [3.8, 4) is 0 Å². The largest absolute Gasteiger partial charge is 0.388 e. The summed E-state index contributed by atoms with van der Waals surface area (Å²) in [6, 6.07) is 0. The zero-order chi connectivity index (χ0) is 13.2. The van der Waals surface area contributed by atoms with E-state index in [4.69, 9.17) is 27.4 Å². The lowest BCUT2D eigenvalue weighted by atomic mass is 10.4. The van der Waals surface area contributed by atoms with Crippen molar-refractivity contribution in [3.63, 3.8) is 0 Å². The lowest BCUT2D eigenvalue weighted by Crippen LogP contribution is -2.13. The molecule has 6 nitrogen and oxygen atoms in total. The Bertz CT molecular complexity index is 359. The van der Waals surface area contributed by atoms with Crippen LogP contribution in [-0.2, 0) is 9.47 Å². The highest BCUT2D eigenvalue weighted by atomic mass is 32.1. The van der Waals surface area contributed by atoms with E-state index in [1.54, 1.807) is 19.5 Å². The molecule has 0 bridgehead atoms. The van der Waals surface area contributed by atoms with Crippen molar-refractivity contribution in [2.24, 2.45) is 5.73 Å². The first kappa shape index (κ1) is 14.7. The normalized spacial score (nSPS) is 10.3. The van der Waals surface area contributed by atoms with Gasteiger partial charge in [-0.25, -0.2) is 9.97 Å². The first-order valence-corrected chi connectivity index (χ1v) is 6.07. The highest BCUT2D eigenvalue weighted by Gasteiger charge is 1.99. The molecule has 100 valence electrons. The number of hydrogen-bond donors (Lipinski definition) is 2. The maximum atomic E-state index is 5.43. The van der Waals surface area contributed by atoms with Crippen LogP contribution in [0, 0.1) is 0 Å². The summed E-state index contributed by atoms with van der Waals surface area (Å²) in [5, 5.41) is 3.13. The molecule has 0 saturated carbocycles. The maximum absolute atomic E-state index is 5.43. The minimum Gasteiger partial charge on any atom is -0.388 e. The van der Waals surface area contributed by atoms with Gasteiger partial charge in [0.25, 0.3) is 0 Å². The van der Waals surface area contributed by atoms with Crippen molar-refractivity contribution in [3.05, 3.63) is 18.1 Å². The van der Waals surface area contributed by atoms with Gasteiger partial charge in [-0.2, -0.15) is 0 Å². The Kier molecular flexibility index (Phi) is 7.16. The molecular formula is C11H18N4O2S. The molecule has 7 heteroatoms. The number of nitrogens with one attached hydrogen (secondary N) is 1. The van der Waals surface area contributed by atoms with Gasteiger partial charge in [-0.1, -0.05) is 12.2 Å². The van der Waals surface area contributed by atoms with Crippen LogP contribution in [0.4, 0.5) is 5.82 Å². The molecule has 0 unspecified atom stereocenters. The third kappa shape index (κ3) is 5.85. The van der Waals surface area contributed by atoms with E-state index in [9.17, 15) is 0 Å². The van der Waals surface area contributed by atoms with Gasteiger partial charge in [-0.15, -0.1) is 0 Å². The molecule has 0 aliphatic carbocycles. The molecule has 1 aromatic rings. The van der Waals surface area contributed by atoms with Gasteiger partial charge < -0.3 is 20.5 Å². The van der Waals surface area contributed by atoms with Gasteiger partial charge in [0.15, 0.2) is 0 Å². The highest BCUT2D eigenvalue weighted by molar-refractivity contribution is 7.80. The molecule has 0 aromatic carbocycles. The minimum atomic E-state index is 0.251. The first-order valence-electron chi connectivity index (χ1n) is 5.66. The standard InChI is InChI=1S/C11H18N4O2S/c1-16-5-6-17-4-2-3-13-10-8-14-9(7-15-10)11(12)18/h7-8H,2-6H2,1H3,(H2,12,18)(H,13,15). The quantitative estimate of drug-likeness (QED) is 0.501. The van der Waals surface area contributed by atoms with E-state index >= 15 is 0 Å². The van der Waals surface area contributed by atoms with Crippen LogP contribution < -0.4 is 11.1 Å². The Balaban J connectivity index is 2.14. The van der Waals surface area contributed by atoms with Gasteiger partial charge in [0.2, 0.25) is 0 Å². The number of ether oxygens (including phenoxy) is 2. The molecule has 0 saturated heterocycles. The van der Waals surface area contributed by atoms with Crippen LogP contribution in [0.3, 0.4) is 0 Å². The third-order valence-corrected chi connectivity index (χ3v) is 2.32. The molecule has 1 aromatic heterocycles. The predicted octanol–water partition coefficient (Wildman–Crippen LogP) is 0.576. The topological polar surface area (TPSA) is 82.3 Å². The second-order valence-corrected chi connectivity index (χ2v) is 3.98. The summed E-state index contributed by atoms with van der Waals surface area (Å²) < 4.78 is 10.2. The van der Waals surface area contributed by atoms with Crippen molar-refractivity contribution in [1.29, 1.82) is 0 Å².